The first kappa shape index (κ1) is 31.6. The van der Waals surface area contributed by atoms with E-state index in [4.69, 9.17) is 0 Å². The van der Waals surface area contributed by atoms with Gasteiger partial charge in [-0.15, -0.1) is 0 Å². The van der Waals surface area contributed by atoms with Crippen LogP contribution in [-0.4, -0.2) is 74.9 Å². The number of nitrogens with zero attached hydrogens (tertiary/aromatic N) is 2. The number of alkyl halides is 2. The Labute approximate surface area is 253 Å². The third-order valence-corrected chi connectivity index (χ3v) is 10.9. The first-order chi connectivity index (χ1) is 20.4. The van der Waals surface area contributed by atoms with Gasteiger partial charge in [-0.2, -0.15) is 0 Å². The minimum Gasteiger partial charge on any atom is -0.349 e. The number of hydrogen-bond donors (Lipinski definition) is 1. The van der Waals surface area contributed by atoms with Crippen molar-refractivity contribution in [1.82, 2.24) is 15.1 Å². The number of rotatable bonds is 10. The Bertz CT molecular complexity index is 1370. The van der Waals surface area contributed by atoms with Gasteiger partial charge in [-0.05, 0) is 81.3 Å². The predicted molar refractivity (Wildman–Crippen MR) is 161 cm³/mol. The fraction of sp³-hybridized carbons (Fsp3) is 0.576. The maximum Gasteiger partial charge on any atom is 0.248 e. The second-order valence-corrected chi connectivity index (χ2v) is 14.7. The van der Waals surface area contributed by atoms with E-state index in [2.05, 4.69) is 10.2 Å². The largest absolute Gasteiger partial charge is 0.349 e. The van der Waals surface area contributed by atoms with E-state index < -0.39 is 15.8 Å². The summed E-state index contributed by atoms with van der Waals surface area (Å²) >= 11 is 0. The van der Waals surface area contributed by atoms with Crippen molar-refractivity contribution in [2.24, 2.45) is 11.3 Å². The van der Waals surface area contributed by atoms with E-state index in [1.54, 1.807) is 12.1 Å². The zero-order valence-corrected chi connectivity index (χ0v) is 25.8. The standard InChI is InChI=1S/C33H43F2N3O4S/c1-43(41,42)28-9-7-25(8-10-28)13-21-38-24-19-32(31(38)40)17-22-37(23-18-32)20-14-29(26-5-3-2-4-6-26)36-30(39)27-11-15-33(34,35)16-12-27/h2-10,27,29H,11-24H2,1H3,(H,36,39)/t29-/m0/s1. The number of halogens is 2. The highest BCUT2D eigenvalue weighted by Gasteiger charge is 2.47. The fourth-order valence-corrected chi connectivity index (χ4v) is 7.48. The van der Waals surface area contributed by atoms with Crippen LogP contribution >= 0.6 is 0 Å². The molecule has 1 spiro atoms. The molecule has 2 heterocycles. The van der Waals surface area contributed by atoms with E-state index in [9.17, 15) is 26.8 Å². The summed E-state index contributed by atoms with van der Waals surface area (Å²) in [6.45, 7) is 3.79. The molecule has 2 amide bonds. The summed E-state index contributed by atoms with van der Waals surface area (Å²) in [6.07, 6.45) is 5.04. The van der Waals surface area contributed by atoms with Gasteiger partial charge in [0.2, 0.25) is 17.7 Å². The molecule has 0 bridgehead atoms. The van der Waals surface area contributed by atoms with Gasteiger partial charge in [0, 0.05) is 44.6 Å². The van der Waals surface area contributed by atoms with Crippen molar-refractivity contribution in [1.29, 1.82) is 0 Å². The van der Waals surface area contributed by atoms with Gasteiger partial charge in [0.15, 0.2) is 9.84 Å². The highest BCUT2D eigenvalue weighted by molar-refractivity contribution is 7.90. The minimum atomic E-state index is -3.23. The fourth-order valence-electron chi connectivity index (χ4n) is 6.85. The smallest absolute Gasteiger partial charge is 0.248 e. The third kappa shape index (κ3) is 7.81. The first-order valence-electron chi connectivity index (χ1n) is 15.5. The molecule has 5 rings (SSSR count). The Kier molecular flexibility index (Phi) is 9.56. The number of hydrogen-bond acceptors (Lipinski definition) is 5. The van der Waals surface area contributed by atoms with Crippen molar-refractivity contribution in [3.05, 3.63) is 65.7 Å². The lowest BCUT2D eigenvalue weighted by atomic mass is 9.77. The Morgan fingerprint density at radius 2 is 1.56 bits per heavy atom. The van der Waals surface area contributed by atoms with Crippen LogP contribution in [0.25, 0.3) is 0 Å². The van der Waals surface area contributed by atoms with Gasteiger partial charge < -0.3 is 15.1 Å². The lowest BCUT2D eigenvalue weighted by Crippen LogP contribution is -2.45. The number of carbonyl (C=O) groups is 2. The summed E-state index contributed by atoms with van der Waals surface area (Å²) in [6, 6.07) is 16.5. The summed E-state index contributed by atoms with van der Waals surface area (Å²) in [7, 11) is -3.23. The number of sulfone groups is 1. The van der Waals surface area contributed by atoms with E-state index in [-0.39, 0.29) is 54.9 Å². The van der Waals surface area contributed by atoms with Gasteiger partial charge in [0.25, 0.3) is 0 Å². The molecule has 234 valence electrons. The molecule has 2 aliphatic heterocycles. The molecule has 1 N–H and O–H groups in total. The lowest BCUT2D eigenvalue weighted by Gasteiger charge is -2.38. The van der Waals surface area contributed by atoms with Crippen LogP contribution in [0.2, 0.25) is 0 Å². The molecular formula is C33H43F2N3O4S. The van der Waals surface area contributed by atoms with Crippen LogP contribution in [0.1, 0.15) is 68.5 Å². The Balaban J connectivity index is 1.11. The number of amides is 2. The number of benzene rings is 2. The number of piperidine rings is 1. The van der Waals surface area contributed by atoms with Crippen molar-refractivity contribution in [2.75, 3.05) is 39.0 Å². The van der Waals surface area contributed by atoms with Crippen molar-refractivity contribution in [3.8, 4) is 0 Å². The van der Waals surface area contributed by atoms with Gasteiger partial charge in [-0.3, -0.25) is 9.59 Å². The Hall–Kier alpha value is -2.85. The molecule has 10 heteroatoms. The van der Waals surface area contributed by atoms with Crippen LogP contribution in [0.15, 0.2) is 59.5 Å². The van der Waals surface area contributed by atoms with Gasteiger partial charge in [-0.25, -0.2) is 17.2 Å². The highest BCUT2D eigenvalue weighted by Crippen LogP contribution is 2.42. The summed E-state index contributed by atoms with van der Waals surface area (Å²) in [5.41, 5.74) is 1.71. The molecule has 7 nitrogen and oxygen atoms in total. The quantitative estimate of drug-likeness (QED) is 0.406. The molecular weight excluding hydrogens is 572 g/mol. The normalized spacial score (nSPS) is 21.7. The second kappa shape index (κ2) is 13.0. The maximum absolute atomic E-state index is 13.6. The van der Waals surface area contributed by atoms with Crippen molar-refractivity contribution in [2.45, 2.75) is 74.6 Å². The topological polar surface area (TPSA) is 86.8 Å². The van der Waals surface area contributed by atoms with Gasteiger partial charge >= 0.3 is 0 Å². The number of carbonyl (C=O) groups excluding carboxylic acids is 2. The summed E-state index contributed by atoms with van der Waals surface area (Å²) < 4.78 is 50.7. The van der Waals surface area contributed by atoms with E-state index in [1.165, 1.54) is 6.26 Å². The average molecular weight is 616 g/mol. The highest BCUT2D eigenvalue weighted by atomic mass is 32.2. The molecule has 0 radical (unpaired) electrons. The Morgan fingerprint density at radius 3 is 2.19 bits per heavy atom. The molecule has 2 aromatic carbocycles. The van der Waals surface area contributed by atoms with Crippen molar-refractivity contribution in [3.63, 3.8) is 0 Å². The molecule has 3 aliphatic rings. The molecule has 1 atom stereocenters. The predicted octanol–water partition coefficient (Wildman–Crippen LogP) is 5.02. The first-order valence-corrected chi connectivity index (χ1v) is 17.4. The molecule has 2 aromatic rings. The van der Waals surface area contributed by atoms with Crippen LogP contribution in [-0.2, 0) is 25.8 Å². The van der Waals surface area contributed by atoms with Gasteiger partial charge in [0.1, 0.15) is 0 Å². The average Bonchev–Trinajstić information content (AvgIpc) is 3.29. The van der Waals surface area contributed by atoms with Crippen molar-refractivity contribution >= 4 is 21.7 Å². The van der Waals surface area contributed by atoms with E-state index in [0.29, 0.717) is 24.3 Å². The maximum atomic E-state index is 13.6. The summed E-state index contributed by atoms with van der Waals surface area (Å²) in [5.74, 6) is -2.94. The number of likely N-dealkylation sites (tertiary alicyclic amines) is 2. The number of nitrogens with one attached hydrogen (secondary N) is 1. The summed E-state index contributed by atoms with van der Waals surface area (Å²) in [5, 5.41) is 3.17. The zero-order valence-electron chi connectivity index (χ0n) is 24.9. The lowest BCUT2D eigenvalue weighted by molar-refractivity contribution is -0.138. The molecule has 1 aliphatic carbocycles. The van der Waals surface area contributed by atoms with Gasteiger partial charge in [0.05, 0.1) is 16.4 Å². The summed E-state index contributed by atoms with van der Waals surface area (Å²) in [4.78, 5) is 31.2. The van der Waals surface area contributed by atoms with Crippen molar-refractivity contribution < 1.29 is 26.8 Å². The SMILES string of the molecule is CS(=O)(=O)c1ccc(CCN2CCC3(CCN(CC[C@H](NC(=O)C4CCC(F)(F)CC4)c4ccccc4)CC3)C2=O)cc1. The van der Waals surface area contributed by atoms with E-state index in [1.807, 2.05) is 47.4 Å². The molecule has 2 saturated heterocycles. The van der Waals surface area contributed by atoms with Crippen LogP contribution in [0.4, 0.5) is 8.78 Å². The molecule has 0 aromatic heterocycles. The van der Waals surface area contributed by atoms with Crippen LogP contribution in [0.5, 0.6) is 0 Å². The molecule has 1 saturated carbocycles. The Morgan fingerprint density at radius 1 is 0.930 bits per heavy atom. The van der Waals surface area contributed by atoms with E-state index >= 15 is 0 Å². The van der Waals surface area contributed by atoms with Crippen LogP contribution in [0, 0.1) is 11.3 Å². The minimum absolute atomic E-state index is 0.134. The molecule has 43 heavy (non-hydrogen) atoms. The zero-order chi connectivity index (χ0) is 30.7. The second-order valence-electron chi connectivity index (χ2n) is 12.7. The molecule has 0 unspecified atom stereocenters. The third-order valence-electron chi connectivity index (χ3n) is 9.78. The van der Waals surface area contributed by atoms with Crippen LogP contribution < -0.4 is 5.32 Å². The monoisotopic (exact) mass is 615 g/mol. The van der Waals surface area contributed by atoms with E-state index in [0.717, 1.165) is 56.6 Å². The van der Waals surface area contributed by atoms with Gasteiger partial charge in [-0.1, -0.05) is 42.5 Å². The van der Waals surface area contributed by atoms with Crippen LogP contribution in [0.3, 0.4) is 0 Å². The molecule has 3 fully saturated rings.